The van der Waals surface area contributed by atoms with Gasteiger partial charge in [-0.05, 0) is 70.4 Å². The van der Waals surface area contributed by atoms with Gasteiger partial charge in [0, 0.05) is 34.4 Å². The fourth-order valence-corrected chi connectivity index (χ4v) is 5.23. The number of amides is 1. The number of halogens is 1. The summed E-state index contributed by atoms with van der Waals surface area (Å²) in [4.78, 5) is 41.7. The summed E-state index contributed by atoms with van der Waals surface area (Å²) in [6.07, 6.45) is 4.96. The van der Waals surface area contributed by atoms with Gasteiger partial charge in [0.25, 0.3) is 5.91 Å². The predicted molar refractivity (Wildman–Crippen MR) is 129 cm³/mol. The first-order valence-corrected chi connectivity index (χ1v) is 12.0. The van der Waals surface area contributed by atoms with Gasteiger partial charge in [0.15, 0.2) is 5.78 Å². The van der Waals surface area contributed by atoms with Crippen LogP contribution in [0.25, 0.3) is 0 Å². The van der Waals surface area contributed by atoms with Gasteiger partial charge >= 0.3 is 5.97 Å². The van der Waals surface area contributed by atoms with Crippen molar-refractivity contribution >= 4 is 29.3 Å². The van der Waals surface area contributed by atoms with Crippen molar-refractivity contribution in [1.29, 1.82) is 0 Å². The molecule has 7 heteroatoms. The molecule has 3 rings (SSSR count). The maximum atomic E-state index is 13.9. The second kappa shape index (κ2) is 10.6. The van der Waals surface area contributed by atoms with Crippen LogP contribution in [0.1, 0.15) is 88.4 Å². The molecule has 6 nitrogen and oxygen atoms in total. The van der Waals surface area contributed by atoms with Crippen LogP contribution in [0.15, 0.2) is 24.3 Å². The Hall–Kier alpha value is -2.60. The van der Waals surface area contributed by atoms with E-state index in [0.717, 1.165) is 37.8 Å². The van der Waals surface area contributed by atoms with Crippen LogP contribution in [0, 0.1) is 13.8 Å². The van der Waals surface area contributed by atoms with Crippen LogP contribution in [0.4, 0.5) is 0 Å². The zero-order chi connectivity index (χ0) is 24.3. The van der Waals surface area contributed by atoms with Gasteiger partial charge in [0.05, 0.1) is 13.2 Å². The minimum Gasteiger partial charge on any atom is -0.464 e. The van der Waals surface area contributed by atoms with Crippen molar-refractivity contribution in [2.75, 3.05) is 7.11 Å². The van der Waals surface area contributed by atoms with Gasteiger partial charge in [-0.25, -0.2) is 4.79 Å². The fourth-order valence-electron chi connectivity index (χ4n) is 5.11. The van der Waals surface area contributed by atoms with Crippen molar-refractivity contribution in [3.05, 3.63) is 57.4 Å². The van der Waals surface area contributed by atoms with Gasteiger partial charge < -0.3 is 14.2 Å². The molecule has 2 aromatic rings. The molecule has 0 saturated heterocycles. The molecule has 0 radical (unpaired) electrons. The van der Waals surface area contributed by atoms with Crippen molar-refractivity contribution < 1.29 is 19.1 Å². The first-order chi connectivity index (χ1) is 15.7. The lowest BCUT2D eigenvalue weighted by Gasteiger charge is -2.38. The number of hydrogen-bond acceptors (Lipinski definition) is 4. The van der Waals surface area contributed by atoms with Gasteiger partial charge in [-0.1, -0.05) is 30.9 Å². The molecule has 0 unspecified atom stereocenters. The number of hydrogen-bond donors (Lipinski definition) is 0. The van der Waals surface area contributed by atoms with Crippen LogP contribution in [0.3, 0.4) is 0 Å². The van der Waals surface area contributed by atoms with E-state index in [1.54, 1.807) is 43.0 Å². The standard InChI is InChI=1S/C26H33ClN2O4/c1-6-28-17(3)22(16(2)23(28)26(32)33-5)24(30)18(4)29(21-10-8-7-9-11-21)25(31)19-12-14-20(27)15-13-19/h12-15,18,21H,6-11H2,1-5H3/t18-/m0/s1. The highest BCUT2D eigenvalue weighted by molar-refractivity contribution is 6.30. The third kappa shape index (κ3) is 4.86. The lowest BCUT2D eigenvalue weighted by molar-refractivity contribution is 0.0486. The van der Waals surface area contributed by atoms with E-state index in [2.05, 4.69) is 0 Å². The normalized spacial score (nSPS) is 15.2. The number of carbonyl (C=O) groups is 3. The minimum atomic E-state index is -0.674. The molecular formula is C26H33ClN2O4. The molecule has 1 fully saturated rings. The molecule has 1 aromatic carbocycles. The zero-order valence-electron chi connectivity index (χ0n) is 20.1. The summed E-state index contributed by atoms with van der Waals surface area (Å²) in [6.45, 7) is 7.88. The average Bonchev–Trinajstić information content (AvgIpc) is 3.08. The number of aromatic nitrogens is 1. The van der Waals surface area contributed by atoms with Crippen molar-refractivity contribution in [3.8, 4) is 0 Å². The van der Waals surface area contributed by atoms with Gasteiger partial charge in [0.1, 0.15) is 5.69 Å². The Bertz CT molecular complexity index is 1040. The molecule has 178 valence electrons. The van der Waals surface area contributed by atoms with Gasteiger partial charge in [0.2, 0.25) is 0 Å². The summed E-state index contributed by atoms with van der Waals surface area (Å²) in [6, 6.07) is 6.12. The first-order valence-electron chi connectivity index (χ1n) is 11.6. The zero-order valence-corrected chi connectivity index (χ0v) is 20.9. The van der Waals surface area contributed by atoms with Crippen molar-refractivity contribution in [3.63, 3.8) is 0 Å². The second-order valence-electron chi connectivity index (χ2n) is 8.72. The highest BCUT2D eigenvalue weighted by Gasteiger charge is 2.36. The molecule has 1 aromatic heterocycles. The SMILES string of the molecule is CCn1c(C)c(C(=O)[C@H](C)N(C(=O)c2ccc(Cl)cc2)C2CCCCC2)c(C)c1C(=O)OC. The van der Waals surface area contributed by atoms with E-state index in [1.807, 2.05) is 18.4 Å². The van der Waals surface area contributed by atoms with E-state index in [9.17, 15) is 14.4 Å². The number of methoxy groups -OCH3 is 1. The van der Waals surface area contributed by atoms with Crippen LogP contribution in [-0.2, 0) is 11.3 Å². The van der Waals surface area contributed by atoms with E-state index in [0.29, 0.717) is 34.0 Å². The third-order valence-electron chi connectivity index (χ3n) is 6.80. The van der Waals surface area contributed by atoms with Crippen molar-refractivity contribution in [2.45, 2.75) is 78.4 Å². The van der Waals surface area contributed by atoms with Gasteiger partial charge in [-0.2, -0.15) is 0 Å². The highest BCUT2D eigenvalue weighted by atomic mass is 35.5. The lowest BCUT2D eigenvalue weighted by atomic mass is 9.90. The molecule has 0 bridgehead atoms. The maximum absolute atomic E-state index is 13.9. The topological polar surface area (TPSA) is 68.6 Å². The summed E-state index contributed by atoms with van der Waals surface area (Å²) in [7, 11) is 1.34. The Morgan fingerprint density at radius 3 is 2.27 bits per heavy atom. The minimum absolute atomic E-state index is 0.00479. The van der Waals surface area contributed by atoms with Crippen LogP contribution in [0.5, 0.6) is 0 Å². The van der Waals surface area contributed by atoms with Gasteiger partial charge in [-0.15, -0.1) is 0 Å². The molecule has 1 atom stereocenters. The molecule has 1 heterocycles. The molecule has 0 spiro atoms. The maximum Gasteiger partial charge on any atom is 0.354 e. The number of Topliss-reactive ketones (excluding diaryl/α,β-unsaturated/α-hetero) is 1. The summed E-state index contributed by atoms with van der Waals surface area (Å²) in [5.41, 5.74) is 2.71. The molecule has 1 saturated carbocycles. The Morgan fingerprint density at radius 1 is 1.12 bits per heavy atom. The Kier molecular flexibility index (Phi) is 8.01. The summed E-state index contributed by atoms with van der Waals surface area (Å²) < 4.78 is 6.78. The van der Waals surface area contributed by atoms with E-state index < -0.39 is 12.0 Å². The number of rotatable bonds is 7. The quantitative estimate of drug-likeness (QED) is 0.388. The summed E-state index contributed by atoms with van der Waals surface area (Å²) in [5.74, 6) is -0.793. The van der Waals surface area contributed by atoms with Crippen LogP contribution < -0.4 is 0 Å². The predicted octanol–water partition coefficient (Wildman–Crippen LogP) is 5.61. The molecule has 1 aliphatic carbocycles. The van der Waals surface area contributed by atoms with E-state index in [-0.39, 0.29) is 17.7 Å². The Balaban J connectivity index is 2.04. The number of ketones is 1. The number of esters is 1. The molecule has 33 heavy (non-hydrogen) atoms. The third-order valence-corrected chi connectivity index (χ3v) is 7.05. The molecule has 0 N–H and O–H groups in total. The van der Waals surface area contributed by atoms with Crippen LogP contribution >= 0.6 is 11.6 Å². The van der Waals surface area contributed by atoms with E-state index in [1.165, 1.54) is 7.11 Å². The molecule has 1 amide bonds. The Labute approximate surface area is 200 Å². The Morgan fingerprint density at radius 2 is 1.73 bits per heavy atom. The molecular weight excluding hydrogens is 440 g/mol. The number of carbonyl (C=O) groups excluding carboxylic acids is 3. The van der Waals surface area contributed by atoms with Crippen LogP contribution in [0.2, 0.25) is 5.02 Å². The van der Waals surface area contributed by atoms with Crippen LogP contribution in [-0.4, -0.2) is 46.3 Å². The van der Waals surface area contributed by atoms with Crippen molar-refractivity contribution in [1.82, 2.24) is 9.47 Å². The highest BCUT2D eigenvalue weighted by Crippen LogP contribution is 2.30. The first kappa shape index (κ1) is 25.0. The summed E-state index contributed by atoms with van der Waals surface area (Å²) in [5, 5.41) is 0.558. The van der Waals surface area contributed by atoms with E-state index in [4.69, 9.17) is 16.3 Å². The average molecular weight is 473 g/mol. The number of benzene rings is 1. The largest absolute Gasteiger partial charge is 0.464 e. The fraction of sp³-hybridized carbons (Fsp3) is 0.500. The smallest absolute Gasteiger partial charge is 0.354 e. The second-order valence-corrected chi connectivity index (χ2v) is 9.16. The monoisotopic (exact) mass is 472 g/mol. The van der Waals surface area contributed by atoms with Crippen molar-refractivity contribution in [2.24, 2.45) is 0 Å². The molecule has 0 aliphatic heterocycles. The number of nitrogens with zero attached hydrogens (tertiary/aromatic N) is 2. The summed E-state index contributed by atoms with van der Waals surface area (Å²) >= 11 is 6.02. The number of ether oxygens (including phenoxy) is 1. The molecule has 1 aliphatic rings. The van der Waals surface area contributed by atoms with E-state index >= 15 is 0 Å². The van der Waals surface area contributed by atoms with Gasteiger partial charge in [-0.3, -0.25) is 9.59 Å². The lowest BCUT2D eigenvalue weighted by Crippen LogP contribution is -2.50.